The van der Waals surface area contributed by atoms with Gasteiger partial charge in [0.05, 0.1) is 5.54 Å². The second kappa shape index (κ2) is 6.75. The van der Waals surface area contributed by atoms with E-state index < -0.39 is 12.0 Å². The highest BCUT2D eigenvalue weighted by atomic mass is 16.4. The molecule has 6 heteroatoms. The van der Waals surface area contributed by atoms with Crippen LogP contribution in [0.1, 0.15) is 39.5 Å². The van der Waals surface area contributed by atoms with Crippen molar-refractivity contribution < 1.29 is 14.7 Å². The van der Waals surface area contributed by atoms with E-state index in [0.717, 1.165) is 32.2 Å². The molecule has 2 fully saturated rings. The normalized spacial score (nSPS) is 28.6. The van der Waals surface area contributed by atoms with Crippen LogP contribution in [0.4, 0.5) is 0 Å². The summed E-state index contributed by atoms with van der Waals surface area (Å²) >= 11 is 0. The third-order valence-electron chi connectivity index (χ3n) is 4.84. The van der Waals surface area contributed by atoms with Crippen LogP contribution in [0, 0.1) is 0 Å². The standard InChI is InChI=1S/C15H27N3O3/c1-3-5-15(6-4-7-16-15)14(21)18-10-8-17(9-11-18)12(2)13(19)20/h12,16H,3-11H2,1-2H3,(H,19,20). The van der Waals surface area contributed by atoms with Crippen LogP contribution in [0.5, 0.6) is 0 Å². The minimum Gasteiger partial charge on any atom is -0.480 e. The minimum absolute atomic E-state index is 0.212. The van der Waals surface area contributed by atoms with E-state index in [2.05, 4.69) is 12.2 Å². The number of piperazine rings is 1. The minimum atomic E-state index is -0.797. The van der Waals surface area contributed by atoms with Crippen LogP contribution in [0.25, 0.3) is 0 Å². The Bertz CT molecular complexity index is 386. The first kappa shape index (κ1) is 16.2. The largest absolute Gasteiger partial charge is 0.480 e. The smallest absolute Gasteiger partial charge is 0.320 e. The lowest BCUT2D eigenvalue weighted by Gasteiger charge is -2.40. The maximum Gasteiger partial charge on any atom is 0.320 e. The zero-order valence-corrected chi connectivity index (χ0v) is 13.1. The number of rotatable bonds is 5. The first-order valence-electron chi connectivity index (χ1n) is 8.01. The zero-order chi connectivity index (χ0) is 15.5. The first-order valence-corrected chi connectivity index (χ1v) is 8.01. The van der Waals surface area contributed by atoms with Crippen LogP contribution in [-0.2, 0) is 9.59 Å². The van der Waals surface area contributed by atoms with Gasteiger partial charge in [0, 0.05) is 26.2 Å². The van der Waals surface area contributed by atoms with Gasteiger partial charge in [-0.2, -0.15) is 0 Å². The number of aliphatic carboxylic acids is 1. The van der Waals surface area contributed by atoms with Crippen molar-refractivity contribution in [3.8, 4) is 0 Å². The van der Waals surface area contributed by atoms with E-state index >= 15 is 0 Å². The van der Waals surface area contributed by atoms with Crippen molar-refractivity contribution >= 4 is 11.9 Å². The monoisotopic (exact) mass is 297 g/mol. The second-order valence-corrected chi connectivity index (χ2v) is 6.20. The third-order valence-corrected chi connectivity index (χ3v) is 4.84. The van der Waals surface area contributed by atoms with Crippen LogP contribution < -0.4 is 5.32 Å². The average Bonchev–Trinajstić information content (AvgIpc) is 2.96. The SMILES string of the molecule is CCCC1(C(=O)N2CCN(C(C)C(=O)O)CC2)CCCN1. The van der Waals surface area contributed by atoms with Crippen LogP contribution in [0.2, 0.25) is 0 Å². The van der Waals surface area contributed by atoms with E-state index in [0.29, 0.717) is 26.2 Å². The van der Waals surface area contributed by atoms with Gasteiger partial charge in [0.15, 0.2) is 0 Å². The fraction of sp³-hybridized carbons (Fsp3) is 0.867. The summed E-state index contributed by atoms with van der Waals surface area (Å²) in [6, 6.07) is -0.476. The first-order chi connectivity index (χ1) is 10.00. The quantitative estimate of drug-likeness (QED) is 0.774. The Labute approximate surface area is 126 Å². The molecule has 21 heavy (non-hydrogen) atoms. The topological polar surface area (TPSA) is 72.9 Å². The molecule has 2 atom stereocenters. The van der Waals surface area contributed by atoms with Crippen molar-refractivity contribution in [1.29, 1.82) is 0 Å². The van der Waals surface area contributed by atoms with Crippen LogP contribution in [0.15, 0.2) is 0 Å². The van der Waals surface area contributed by atoms with Gasteiger partial charge < -0.3 is 15.3 Å². The average molecular weight is 297 g/mol. The zero-order valence-electron chi connectivity index (χ0n) is 13.1. The molecule has 0 bridgehead atoms. The highest BCUT2D eigenvalue weighted by molar-refractivity contribution is 5.87. The van der Waals surface area contributed by atoms with Crippen molar-refractivity contribution in [2.24, 2.45) is 0 Å². The molecule has 2 aliphatic rings. The summed E-state index contributed by atoms with van der Waals surface area (Å²) in [5.41, 5.74) is -0.366. The number of carbonyl (C=O) groups excluding carboxylic acids is 1. The molecular weight excluding hydrogens is 270 g/mol. The van der Waals surface area contributed by atoms with E-state index in [4.69, 9.17) is 5.11 Å². The highest BCUT2D eigenvalue weighted by Gasteiger charge is 2.43. The predicted molar refractivity (Wildman–Crippen MR) is 80.1 cm³/mol. The summed E-state index contributed by atoms with van der Waals surface area (Å²) in [5, 5.41) is 12.5. The van der Waals surface area contributed by atoms with Gasteiger partial charge in [0.2, 0.25) is 5.91 Å². The van der Waals surface area contributed by atoms with Gasteiger partial charge >= 0.3 is 5.97 Å². The van der Waals surface area contributed by atoms with Gasteiger partial charge in [0.25, 0.3) is 0 Å². The lowest BCUT2D eigenvalue weighted by atomic mass is 9.90. The van der Waals surface area contributed by atoms with Crippen molar-refractivity contribution in [2.45, 2.75) is 51.1 Å². The second-order valence-electron chi connectivity index (χ2n) is 6.20. The Balaban J connectivity index is 1.95. The Morgan fingerprint density at radius 2 is 1.95 bits per heavy atom. The molecule has 2 heterocycles. The van der Waals surface area contributed by atoms with Gasteiger partial charge in [-0.05, 0) is 32.7 Å². The van der Waals surface area contributed by atoms with E-state index in [1.54, 1.807) is 6.92 Å². The molecule has 1 amide bonds. The molecule has 0 saturated carbocycles. The number of nitrogens with one attached hydrogen (secondary N) is 1. The van der Waals surface area contributed by atoms with Gasteiger partial charge in [-0.15, -0.1) is 0 Å². The molecule has 2 unspecified atom stereocenters. The number of nitrogens with zero attached hydrogens (tertiary/aromatic N) is 2. The lowest BCUT2D eigenvalue weighted by Crippen LogP contribution is -2.60. The maximum absolute atomic E-state index is 12.9. The van der Waals surface area contributed by atoms with Gasteiger partial charge in [-0.1, -0.05) is 13.3 Å². The predicted octanol–water partition coefficient (Wildman–Crippen LogP) is 0.526. The molecule has 120 valence electrons. The molecule has 2 N–H and O–H groups in total. The Morgan fingerprint density at radius 1 is 1.29 bits per heavy atom. The van der Waals surface area contributed by atoms with E-state index in [-0.39, 0.29) is 11.4 Å². The molecule has 0 radical (unpaired) electrons. The lowest BCUT2D eigenvalue weighted by molar-refractivity contribution is -0.145. The number of carbonyl (C=O) groups is 2. The molecule has 2 aliphatic heterocycles. The molecule has 0 aliphatic carbocycles. The van der Waals surface area contributed by atoms with E-state index in [1.165, 1.54) is 0 Å². The molecule has 0 aromatic carbocycles. The van der Waals surface area contributed by atoms with Crippen LogP contribution in [0.3, 0.4) is 0 Å². The van der Waals surface area contributed by atoms with Gasteiger partial charge in [-0.25, -0.2) is 0 Å². The van der Waals surface area contributed by atoms with Gasteiger partial charge in [0.1, 0.15) is 6.04 Å². The van der Waals surface area contributed by atoms with E-state index in [9.17, 15) is 9.59 Å². The third kappa shape index (κ3) is 3.37. The van der Waals surface area contributed by atoms with Crippen LogP contribution >= 0.6 is 0 Å². The maximum atomic E-state index is 12.9. The molecule has 0 aromatic rings. The van der Waals surface area contributed by atoms with Crippen molar-refractivity contribution in [3.63, 3.8) is 0 Å². The van der Waals surface area contributed by atoms with Crippen molar-refractivity contribution in [1.82, 2.24) is 15.1 Å². The summed E-state index contributed by atoms with van der Waals surface area (Å²) in [6.07, 6.45) is 3.86. The Hall–Kier alpha value is -1.14. The van der Waals surface area contributed by atoms with Crippen molar-refractivity contribution in [3.05, 3.63) is 0 Å². The van der Waals surface area contributed by atoms with Crippen LogP contribution in [-0.4, -0.2) is 71.1 Å². The van der Waals surface area contributed by atoms with Crippen molar-refractivity contribution in [2.75, 3.05) is 32.7 Å². The Kier molecular flexibility index (Phi) is 5.22. The summed E-state index contributed by atoms with van der Waals surface area (Å²) < 4.78 is 0. The molecule has 2 saturated heterocycles. The molecule has 0 spiro atoms. The molecular formula is C15H27N3O3. The number of amides is 1. The fourth-order valence-electron chi connectivity index (χ4n) is 3.51. The fourth-order valence-corrected chi connectivity index (χ4v) is 3.51. The summed E-state index contributed by atoms with van der Waals surface area (Å²) in [5.74, 6) is -0.584. The summed E-state index contributed by atoms with van der Waals surface area (Å²) in [4.78, 5) is 27.7. The number of carboxylic acids is 1. The molecule has 0 aromatic heterocycles. The van der Waals surface area contributed by atoms with E-state index in [1.807, 2.05) is 9.80 Å². The highest BCUT2D eigenvalue weighted by Crippen LogP contribution is 2.27. The molecule has 2 rings (SSSR count). The van der Waals surface area contributed by atoms with Gasteiger partial charge in [-0.3, -0.25) is 14.5 Å². The molecule has 6 nitrogen and oxygen atoms in total. The summed E-state index contributed by atoms with van der Waals surface area (Å²) in [7, 11) is 0. The number of carboxylic acid groups (broad SMARTS) is 1. The summed E-state index contributed by atoms with van der Waals surface area (Å²) in [6.45, 7) is 7.27. The number of hydrogen-bond donors (Lipinski definition) is 2. The number of hydrogen-bond acceptors (Lipinski definition) is 4. The Morgan fingerprint density at radius 3 is 2.43 bits per heavy atom.